The fraction of sp³-hybridized carbons (Fsp3) is 0.250. The zero-order valence-corrected chi connectivity index (χ0v) is 6.67. The molecule has 3 heteroatoms. The van der Waals surface area contributed by atoms with Crippen LogP contribution in [-0.4, -0.2) is 0 Å². The summed E-state index contributed by atoms with van der Waals surface area (Å²) in [6, 6.07) is 6.04. The quantitative estimate of drug-likeness (QED) is 0.636. The standard InChI is InChI=1S/C6H6FNO.C2H6/c7-9-6-3-1-5(8)2-4-6;1-2/h1-4H,8H2;1-2H3. The van der Waals surface area contributed by atoms with Gasteiger partial charge in [-0.25, -0.2) is 0 Å². The van der Waals surface area contributed by atoms with Gasteiger partial charge in [0.1, 0.15) is 0 Å². The van der Waals surface area contributed by atoms with Crippen LogP contribution >= 0.6 is 0 Å². The molecule has 0 aromatic heterocycles. The monoisotopic (exact) mass is 157 g/mol. The summed E-state index contributed by atoms with van der Waals surface area (Å²) < 4.78 is 11.3. The number of nitrogen functional groups attached to an aromatic ring is 1. The van der Waals surface area contributed by atoms with Crippen molar-refractivity contribution >= 4 is 5.69 Å². The normalized spacial score (nSPS) is 7.91. The molecule has 0 atom stereocenters. The first-order valence-corrected chi connectivity index (χ1v) is 3.47. The van der Waals surface area contributed by atoms with Gasteiger partial charge in [0.2, 0.25) is 0 Å². The van der Waals surface area contributed by atoms with Crippen molar-refractivity contribution in [3.05, 3.63) is 24.3 Å². The highest BCUT2D eigenvalue weighted by Gasteiger charge is 1.89. The molecule has 62 valence electrons. The van der Waals surface area contributed by atoms with Crippen LogP contribution in [0.4, 0.5) is 10.2 Å². The Kier molecular flexibility index (Phi) is 4.90. The van der Waals surface area contributed by atoms with Crippen LogP contribution in [0, 0.1) is 0 Å². The largest absolute Gasteiger partial charge is 0.399 e. The molecule has 0 aliphatic rings. The second-order valence-corrected chi connectivity index (χ2v) is 1.65. The SMILES string of the molecule is CC.Nc1ccc(OF)cc1. The maximum Gasteiger partial charge on any atom is 0.172 e. The van der Waals surface area contributed by atoms with E-state index >= 15 is 0 Å². The van der Waals surface area contributed by atoms with Gasteiger partial charge in [-0.3, -0.25) is 4.94 Å². The van der Waals surface area contributed by atoms with E-state index in [1.165, 1.54) is 12.1 Å². The van der Waals surface area contributed by atoms with E-state index < -0.39 is 0 Å². The fourth-order valence-corrected chi connectivity index (χ4v) is 0.519. The lowest BCUT2D eigenvalue weighted by molar-refractivity contribution is -0.00618. The molecular weight excluding hydrogens is 145 g/mol. The van der Waals surface area contributed by atoms with Crippen molar-refractivity contribution < 1.29 is 9.47 Å². The molecule has 0 amide bonds. The summed E-state index contributed by atoms with van der Waals surface area (Å²) in [4.78, 5) is 3.41. The topological polar surface area (TPSA) is 35.2 Å². The van der Waals surface area contributed by atoms with Gasteiger partial charge in [-0.2, -0.15) is 0 Å². The Labute approximate surface area is 65.7 Å². The third-order valence-electron chi connectivity index (χ3n) is 0.969. The first kappa shape index (κ1) is 9.75. The van der Waals surface area contributed by atoms with Gasteiger partial charge in [-0.1, -0.05) is 13.8 Å². The van der Waals surface area contributed by atoms with E-state index in [2.05, 4.69) is 4.94 Å². The van der Waals surface area contributed by atoms with E-state index in [4.69, 9.17) is 5.73 Å². The van der Waals surface area contributed by atoms with E-state index in [9.17, 15) is 4.53 Å². The lowest BCUT2D eigenvalue weighted by atomic mass is 10.3. The van der Waals surface area contributed by atoms with Crippen molar-refractivity contribution in [3.8, 4) is 5.75 Å². The molecule has 0 saturated carbocycles. The van der Waals surface area contributed by atoms with Gasteiger partial charge in [0, 0.05) is 10.2 Å². The zero-order valence-electron chi connectivity index (χ0n) is 6.67. The minimum Gasteiger partial charge on any atom is -0.399 e. The Bertz CT molecular complexity index is 186. The highest BCUT2D eigenvalue weighted by molar-refractivity contribution is 5.41. The molecule has 0 fully saturated rings. The summed E-state index contributed by atoms with van der Waals surface area (Å²) in [7, 11) is 0. The summed E-state index contributed by atoms with van der Waals surface area (Å²) in [5, 5.41) is 0. The molecule has 11 heavy (non-hydrogen) atoms. The lowest BCUT2D eigenvalue weighted by Gasteiger charge is -1.92. The van der Waals surface area contributed by atoms with Crippen LogP contribution in [0.5, 0.6) is 5.75 Å². The van der Waals surface area contributed by atoms with Crippen molar-refractivity contribution in [1.29, 1.82) is 0 Å². The van der Waals surface area contributed by atoms with Crippen LogP contribution in [0.1, 0.15) is 13.8 Å². The Morgan fingerprint density at radius 2 is 1.64 bits per heavy atom. The fourth-order valence-electron chi connectivity index (χ4n) is 0.519. The molecule has 1 aromatic rings. The molecule has 0 radical (unpaired) electrons. The molecule has 0 aliphatic carbocycles. The number of benzene rings is 1. The minimum absolute atomic E-state index is 0.171. The second kappa shape index (κ2) is 5.53. The van der Waals surface area contributed by atoms with Gasteiger partial charge < -0.3 is 5.73 Å². The van der Waals surface area contributed by atoms with Crippen molar-refractivity contribution in [2.45, 2.75) is 13.8 Å². The summed E-state index contributed by atoms with van der Waals surface area (Å²) >= 11 is 0. The van der Waals surface area contributed by atoms with Crippen LogP contribution in [0.15, 0.2) is 24.3 Å². The first-order chi connectivity index (χ1) is 5.33. The molecule has 0 spiro atoms. The molecule has 0 saturated heterocycles. The third kappa shape index (κ3) is 3.45. The Balaban J connectivity index is 0.000000461. The lowest BCUT2D eigenvalue weighted by Crippen LogP contribution is -1.82. The molecule has 0 bridgehead atoms. The van der Waals surface area contributed by atoms with Gasteiger partial charge in [-0.05, 0) is 24.3 Å². The third-order valence-corrected chi connectivity index (χ3v) is 0.969. The molecule has 1 aromatic carbocycles. The second-order valence-electron chi connectivity index (χ2n) is 1.65. The predicted octanol–water partition coefficient (Wildman–Crippen LogP) is 2.56. The van der Waals surface area contributed by atoms with Gasteiger partial charge >= 0.3 is 0 Å². The van der Waals surface area contributed by atoms with E-state index in [-0.39, 0.29) is 5.75 Å². The van der Waals surface area contributed by atoms with E-state index in [0.717, 1.165) is 0 Å². The Hall–Kier alpha value is -1.25. The Morgan fingerprint density at radius 3 is 2.00 bits per heavy atom. The van der Waals surface area contributed by atoms with Crippen molar-refractivity contribution in [2.24, 2.45) is 0 Å². The molecule has 0 unspecified atom stereocenters. The maximum atomic E-state index is 11.3. The molecule has 1 rings (SSSR count). The average molecular weight is 157 g/mol. The Morgan fingerprint density at radius 1 is 1.18 bits per heavy atom. The van der Waals surface area contributed by atoms with Crippen molar-refractivity contribution in [2.75, 3.05) is 5.73 Å². The highest BCUT2D eigenvalue weighted by Crippen LogP contribution is 2.12. The number of nitrogens with two attached hydrogens (primary N) is 1. The van der Waals surface area contributed by atoms with Gasteiger partial charge in [0.05, 0.1) is 0 Å². The number of hydrogen-bond donors (Lipinski definition) is 1. The van der Waals surface area contributed by atoms with Crippen molar-refractivity contribution in [1.82, 2.24) is 0 Å². The van der Waals surface area contributed by atoms with Gasteiger partial charge in [0.15, 0.2) is 5.75 Å². The molecule has 2 nitrogen and oxygen atoms in total. The van der Waals surface area contributed by atoms with Gasteiger partial charge in [-0.15, -0.1) is 0 Å². The smallest absolute Gasteiger partial charge is 0.172 e. The van der Waals surface area contributed by atoms with E-state index in [0.29, 0.717) is 5.69 Å². The summed E-state index contributed by atoms with van der Waals surface area (Å²) in [6.45, 7) is 4.00. The summed E-state index contributed by atoms with van der Waals surface area (Å²) in [5.41, 5.74) is 5.90. The molecular formula is C8H12FNO. The van der Waals surface area contributed by atoms with E-state index in [1.807, 2.05) is 13.8 Å². The molecule has 0 aliphatic heterocycles. The summed E-state index contributed by atoms with van der Waals surface area (Å²) in [6.07, 6.45) is 0. The predicted molar refractivity (Wildman–Crippen MR) is 43.9 cm³/mol. The van der Waals surface area contributed by atoms with Crippen LogP contribution < -0.4 is 10.7 Å². The summed E-state index contributed by atoms with van der Waals surface area (Å²) in [5.74, 6) is 0.171. The minimum atomic E-state index is 0.171. The van der Waals surface area contributed by atoms with Crippen LogP contribution in [0.25, 0.3) is 0 Å². The first-order valence-electron chi connectivity index (χ1n) is 3.47. The number of halogens is 1. The molecule has 0 heterocycles. The van der Waals surface area contributed by atoms with Crippen LogP contribution in [0.3, 0.4) is 0 Å². The van der Waals surface area contributed by atoms with Crippen molar-refractivity contribution in [3.63, 3.8) is 0 Å². The number of rotatable bonds is 1. The maximum absolute atomic E-state index is 11.3. The average Bonchev–Trinajstić information content (AvgIpc) is 2.10. The number of hydrogen-bond acceptors (Lipinski definition) is 2. The van der Waals surface area contributed by atoms with E-state index in [1.54, 1.807) is 12.1 Å². The molecule has 2 N–H and O–H groups in total. The van der Waals surface area contributed by atoms with Gasteiger partial charge in [0.25, 0.3) is 0 Å². The zero-order chi connectivity index (χ0) is 8.69. The number of anilines is 1. The van der Waals surface area contributed by atoms with Crippen LogP contribution in [0.2, 0.25) is 0 Å². The highest BCUT2D eigenvalue weighted by atomic mass is 19.3. The van der Waals surface area contributed by atoms with Crippen LogP contribution in [-0.2, 0) is 0 Å².